The largest absolute Gasteiger partial charge is 0.497 e. The number of nitrogens with zero attached hydrogens (tertiary/aromatic N) is 3. The standard InChI is InChI=1S/C76H71B2N3O2/c1-48-37-52(5)73(53(6)38-48)77(74-54(7)39-49(2)40-55(74)8)69-46-63(24-19-61-22-35-72(80-47-61)71-17-15-16-36-79-71)70(78(75-56(9)41-50(3)42-57(75)10)76-58(11)43-51(4)44-59(76)12)45-62(69)23-18-60-20-25-64(26-21-60)81(65-27-31-67(82-13)32-28-65)66-29-33-68(83-14)34-30-66/h15-17,20-22,25-47H,1-14H3. The summed E-state index contributed by atoms with van der Waals surface area (Å²) in [6.45, 7) is 26.6. The van der Waals surface area contributed by atoms with Crippen molar-refractivity contribution >= 4 is 63.3 Å². The van der Waals surface area contributed by atoms with Crippen molar-refractivity contribution < 1.29 is 9.47 Å². The van der Waals surface area contributed by atoms with Gasteiger partial charge in [-0.05, 0) is 180 Å². The SMILES string of the molecule is COc1ccc(N(c2ccc(C#Cc3cc(B(c4c(C)cc(C)cc4C)c4c(C)cc(C)cc4C)c(C#Cc4ccc(-c5ccccn5)nc4)cc3B(c3c(C)cc(C)cc3C)c3c(C)cc(C)cc3C)cc2)c2ccc(OC)cc2)cc1. The lowest BCUT2D eigenvalue weighted by Crippen LogP contribution is -2.59. The average molecular weight is 1080 g/mol. The molecule has 7 heteroatoms. The number of aryl methyl sites for hydroxylation is 12. The van der Waals surface area contributed by atoms with Crippen molar-refractivity contribution in [1.82, 2.24) is 9.97 Å². The van der Waals surface area contributed by atoms with Gasteiger partial charge in [0, 0.05) is 51.7 Å². The van der Waals surface area contributed by atoms with Gasteiger partial charge in [-0.1, -0.05) is 190 Å². The molecule has 83 heavy (non-hydrogen) atoms. The molecule has 0 bridgehead atoms. The van der Waals surface area contributed by atoms with E-state index in [9.17, 15) is 0 Å². The number of methoxy groups -OCH3 is 2. The molecular weight excluding hydrogens is 1010 g/mol. The summed E-state index contributed by atoms with van der Waals surface area (Å²) in [7, 11) is 3.38. The van der Waals surface area contributed by atoms with Crippen LogP contribution < -0.4 is 47.2 Å². The van der Waals surface area contributed by atoms with Crippen molar-refractivity contribution in [1.29, 1.82) is 0 Å². The summed E-state index contributed by atoms with van der Waals surface area (Å²) in [5, 5.41) is 0. The smallest absolute Gasteiger partial charge is 0.244 e. The van der Waals surface area contributed by atoms with Gasteiger partial charge in [-0.2, -0.15) is 0 Å². The Morgan fingerprint density at radius 3 is 1.01 bits per heavy atom. The number of benzene rings is 8. The Bertz CT molecular complexity index is 3930. The van der Waals surface area contributed by atoms with E-state index in [-0.39, 0.29) is 13.4 Å². The summed E-state index contributed by atoms with van der Waals surface area (Å²) < 4.78 is 11.1. The molecule has 8 aromatic carbocycles. The van der Waals surface area contributed by atoms with Gasteiger partial charge in [-0.25, -0.2) is 0 Å². The zero-order valence-corrected chi connectivity index (χ0v) is 50.6. The van der Waals surface area contributed by atoms with E-state index in [4.69, 9.17) is 14.5 Å². The normalized spacial score (nSPS) is 10.8. The van der Waals surface area contributed by atoms with Crippen LogP contribution in [0.1, 0.15) is 89.0 Å². The number of aromatic nitrogens is 2. The third-order valence-electron chi connectivity index (χ3n) is 16.1. The van der Waals surface area contributed by atoms with Crippen LogP contribution in [0.15, 0.2) is 176 Å². The highest BCUT2D eigenvalue weighted by molar-refractivity contribution is 6.98. The van der Waals surface area contributed by atoms with Gasteiger partial charge >= 0.3 is 0 Å². The summed E-state index contributed by atoms with van der Waals surface area (Å²) in [5.41, 5.74) is 30.4. The number of rotatable bonds is 12. The maximum atomic E-state index is 5.56. The van der Waals surface area contributed by atoms with Gasteiger partial charge in [0.25, 0.3) is 0 Å². The minimum atomic E-state index is -0.191. The van der Waals surface area contributed by atoms with Gasteiger partial charge in [-0.3, -0.25) is 9.97 Å². The van der Waals surface area contributed by atoms with Crippen LogP contribution in [0, 0.1) is 107 Å². The molecule has 0 aliphatic rings. The zero-order valence-electron chi connectivity index (χ0n) is 50.6. The minimum Gasteiger partial charge on any atom is -0.497 e. The molecule has 2 heterocycles. The van der Waals surface area contributed by atoms with E-state index in [1.54, 1.807) is 20.4 Å². The molecule has 0 amide bonds. The van der Waals surface area contributed by atoms with Gasteiger partial charge in [0.1, 0.15) is 11.5 Å². The van der Waals surface area contributed by atoms with E-state index in [1.165, 1.54) is 88.6 Å². The molecule has 0 radical (unpaired) electrons. The number of ether oxygens (including phenoxy) is 2. The van der Waals surface area contributed by atoms with Crippen molar-refractivity contribution in [2.24, 2.45) is 0 Å². The Hall–Kier alpha value is -9.29. The van der Waals surface area contributed by atoms with E-state index in [2.05, 4.69) is 232 Å². The van der Waals surface area contributed by atoms with E-state index in [0.717, 1.165) is 73.1 Å². The molecule has 0 aliphatic carbocycles. The third-order valence-corrected chi connectivity index (χ3v) is 16.1. The van der Waals surface area contributed by atoms with Crippen LogP contribution in [0.25, 0.3) is 11.4 Å². The second-order valence-corrected chi connectivity index (χ2v) is 22.6. The highest BCUT2D eigenvalue weighted by atomic mass is 16.5. The molecule has 0 spiro atoms. The first-order valence-electron chi connectivity index (χ1n) is 28.6. The quantitative estimate of drug-likeness (QED) is 0.0901. The second kappa shape index (κ2) is 24.4. The highest BCUT2D eigenvalue weighted by Crippen LogP contribution is 2.36. The first-order chi connectivity index (χ1) is 40.0. The van der Waals surface area contributed by atoms with Crippen molar-refractivity contribution in [2.75, 3.05) is 19.1 Å². The lowest BCUT2D eigenvalue weighted by Gasteiger charge is -2.28. The van der Waals surface area contributed by atoms with Crippen molar-refractivity contribution in [3.63, 3.8) is 0 Å². The van der Waals surface area contributed by atoms with E-state index in [1.807, 2.05) is 54.7 Å². The molecule has 5 nitrogen and oxygen atoms in total. The lowest BCUT2D eigenvalue weighted by molar-refractivity contribution is 0.415. The first kappa shape index (κ1) is 57.0. The molecule has 0 fully saturated rings. The van der Waals surface area contributed by atoms with Gasteiger partial charge in [0.15, 0.2) is 0 Å². The Balaban J connectivity index is 1.27. The van der Waals surface area contributed by atoms with Gasteiger partial charge in [-0.15, -0.1) is 0 Å². The van der Waals surface area contributed by atoms with Crippen LogP contribution in [0.3, 0.4) is 0 Å². The summed E-state index contributed by atoms with van der Waals surface area (Å²) in [5.74, 6) is 16.8. The molecule has 0 saturated heterocycles. The van der Waals surface area contributed by atoms with Crippen LogP contribution in [0.5, 0.6) is 11.5 Å². The molecular formula is C76H71B2N3O2. The molecule has 0 atom stereocenters. The molecule has 10 aromatic rings. The van der Waals surface area contributed by atoms with E-state index < -0.39 is 0 Å². The number of hydrogen-bond donors (Lipinski definition) is 0. The number of pyridine rings is 2. The molecule has 0 unspecified atom stereocenters. The highest BCUT2D eigenvalue weighted by Gasteiger charge is 2.35. The molecule has 10 rings (SSSR count). The van der Waals surface area contributed by atoms with Gasteiger partial charge in [0.05, 0.1) is 25.6 Å². The van der Waals surface area contributed by atoms with Gasteiger partial charge in [0.2, 0.25) is 13.4 Å². The van der Waals surface area contributed by atoms with Crippen molar-refractivity contribution in [3.05, 3.63) is 265 Å². The Labute approximate surface area is 494 Å². The molecule has 2 aromatic heterocycles. The van der Waals surface area contributed by atoms with Crippen molar-refractivity contribution in [2.45, 2.75) is 83.1 Å². The summed E-state index contributed by atoms with van der Waals surface area (Å²) >= 11 is 0. The fraction of sp³-hybridized carbons (Fsp3) is 0.184. The fourth-order valence-electron chi connectivity index (χ4n) is 12.8. The Morgan fingerprint density at radius 2 is 0.687 bits per heavy atom. The maximum absolute atomic E-state index is 5.56. The zero-order chi connectivity index (χ0) is 58.6. The summed E-state index contributed by atoms with van der Waals surface area (Å²) in [6.07, 6.45) is 3.67. The lowest BCUT2D eigenvalue weighted by atomic mass is 9.31. The van der Waals surface area contributed by atoms with E-state index in [0.29, 0.717) is 0 Å². The second-order valence-electron chi connectivity index (χ2n) is 22.6. The Morgan fingerprint density at radius 1 is 0.349 bits per heavy atom. The molecule has 408 valence electrons. The maximum Gasteiger partial charge on any atom is 0.244 e. The predicted octanol–water partition coefficient (Wildman–Crippen LogP) is 13.2. The summed E-state index contributed by atoms with van der Waals surface area (Å²) in [4.78, 5) is 11.7. The number of hydrogen-bond acceptors (Lipinski definition) is 5. The summed E-state index contributed by atoms with van der Waals surface area (Å²) in [6, 6.07) is 58.3. The molecule has 0 aliphatic heterocycles. The van der Waals surface area contributed by atoms with Crippen molar-refractivity contribution in [3.8, 4) is 46.6 Å². The average Bonchev–Trinajstić information content (AvgIpc) is 2.29. The van der Waals surface area contributed by atoms with Crippen LogP contribution in [0.4, 0.5) is 17.1 Å². The van der Waals surface area contributed by atoms with E-state index >= 15 is 0 Å². The van der Waals surface area contributed by atoms with Gasteiger partial charge < -0.3 is 14.4 Å². The van der Waals surface area contributed by atoms with Crippen LogP contribution in [-0.4, -0.2) is 37.6 Å². The Kier molecular flexibility index (Phi) is 16.8. The molecule has 0 N–H and O–H groups in total. The number of anilines is 3. The minimum absolute atomic E-state index is 0.190. The predicted molar refractivity (Wildman–Crippen MR) is 352 cm³/mol. The van der Waals surface area contributed by atoms with Crippen LogP contribution in [0.2, 0.25) is 0 Å². The fourth-order valence-corrected chi connectivity index (χ4v) is 12.8. The van der Waals surface area contributed by atoms with Crippen LogP contribution >= 0.6 is 0 Å². The third kappa shape index (κ3) is 12.2. The molecule has 0 saturated carbocycles. The van der Waals surface area contributed by atoms with Crippen LogP contribution in [-0.2, 0) is 0 Å². The first-order valence-corrected chi connectivity index (χ1v) is 28.6. The topological polar surface area (TPSA) is 47.5 Å². The monoisotopic (exact) mass is 1080 g/mol.